The van der Waals surface area contributed by atoms with Gasteiger partial charge in [0.1, 0.15) is 11.5 Å². The Morgan fingerprint density at radius 3 is 2.53 bits per heavy atom. The number of benzene rings is 2. The highest BCUT2D eigenvalue weighted by molar-refractivity contribution is 9.10. The maximum Gasteiger partial charge on any atom is 0.175 e. The van der Waals surface area contributed by atoms with Crippen molar-refractivity contribution < 1.29 is 9.94 Å². The summed E-state index contributed by atoms with van der Waals surface area (Å²) in [5.74, 6) is 1.05. The molecule has 0 fully saturated rings. The van der Waals surface area contributed by atoms with Crippen LogP contribution in [0.5, 0.6) is 11.5 Å². The van der Waals surface area contributed by atoms with E-state index < -0.39 is 0 Å². The number of hydrogen-bond acceptors (Lipinski definition) is 3. The first-order chi connectivity index (χ1) is 9.11. The van der Waals surface area contributed by atoms with Crippen molar-refractivity contribution in [2.75, 3.05) is 0 Å². The van der Waals surface area contributed by atoms with Crippen LogP contribution in [0.1, 0.15) is 5.56 Å². The minimum Gasteiger partial charge on any atom is -0.457 e. The summed E-state index contributed by atoms with van der Waals surface area (Å²) in [6.45, 7) is 0. The quantitative estimate of drug-likeness (QED) is 0.384. The molecule has 0 aliphatic heterocycles. The van der Waals surface area contributed by atoms with Crippen molar-refractivity contribution in [3.63, 3.8) is 0 Å². The molecule has 0 radical (unpaired) electrons. The highest BCUT2D eigenvalue weighted by Crippen LogP contribution is 2.31. The number of rotatable bonds is 3. The van der Waals surface area contributed by atoms with Gasteiger partial charge in [-0.25, -0.2) is 0 Å². The first-order valence-electron chi connectivity index (χ1n) is 5.31. The molecule has 4 nitrogen and oxygen atoms in total. The first kappa shape index (κ1) is 13.7. The molecule has 0 heterocycles. The van der Waals surface area contributed by atoms with Crippen LogP contribution in [-0.4, -0.2) is 11.0 Å². The Balaban J connectivity index is 2.40. The zero-order valence-electron chi connectivity index (χ0n) is 9.68. The number of amidine groups is 1. The van der Waals surface area contributed by atoms with Crippen LogP contribution in [-0.2, 0) is 0 Å². The maximum atomic E-state index is 8.81. The third-order valence-electron chi connectivity index (χ3n) is 2.38. The predicted octanol–water partition coefficient (Wildman–Crippen LogP) is 3.99. The third-order valence-corrected chi connectivity index (χ3v) is 3.29. The van der Waals surface area contributed by atoms with Crippen molar-refractivity contribution in [3.05, 3.63) is 57.5 Å². The van der Waals surface area contributed by atoms with Crippen molar-refractivity contribution in [2.24, 2.45) is 10.9 Å². The van der Waals surface area contributed by atoms with Gasteiger partial charge in [-0.15, -0.1) is 0 Å². The molecule has 2 rings (SSSR count). The van der Waals surface area contributed by atoms with Gasteiger partial charge in [0.25, 0.3) is 0 Å². The smallest absolute Gasteiger partial charge is 0.175 e. The second-order valence-electron chi connectivity index (χ2n) is 3.65. The fourth-order valence-corrected chi connectivity index (χ4v) is 2.19. The molecule has 0 bridgehead atoms. The Labute approximate surface area is 123 Å². The monoisotopic (exact) mass is 340 g/mol. The Morgan fingerprint density at radius 2 is 1.89 bits per heavy atom. The SMILES string of the molecule is N/C(=N/O)c1c(Br)cccc1Oc1ccc(Cl)cc1. The molecular weight excluding hydrogens is 332 g/mol. The number of nitrogens with zero attached hydrogens (tertiary/aromatic N) is 1. The maximum absolute atomic E-state index is 8.81. The van der Waals surface area contributed by atoms with E-state index in [0.717, 1.165) is 0 Å². The van der Waals surface area contributed by atoms with E-state index in [9.17, 15) is 0 Å². The molecular formula is C13H10BrClN2O2. The van der Waals surface area contributed by atoms with E-state index in [1.165, 1.54) is 0 Å². The van der Waals surface area contributed by atoms with Gasteiger partial charge in [0.05, 0.1) is 5.56 Å². The molecule has 0 aliphatic carbocycles. The fourth-order valence-electron chi connectivity index (χ4n) is 1.52. The Kier molecular flexibility index (Phi) is 4.29. The summed E-state index contributed by atoms with van der Waals surface area (Å²) in [5, 5.41) is 12.4. The molecule has 3 N–H and O–H groups in total. The molecule has 0 aromatic heterocycles. The topological polar surface area (TPSA) is 67.8 Å². The Bertz CT molecular complexity index is 615. The van der Waals surface area contributed by atoms with Crippen LogP contribution >= 0.6 is 27.5 Å². The predicted molar refractivity (Wildman–Crippen MR) is 78.2 cm³/mol. The van der Waals surface area contributed by atoms with E-state index in [1.54, 1.807) is 42.5 Å². The van der Waals surface area contributed by atoms with E-state index in [1.807, 2.05) is 0 Å². The highest BCUT2D eigenvalue weighted by atomic mass is 79.9. The number of halogens is 2. The van der Waals surface area contributed by atoms with Gasteiger partial charge < -0.3 is 15.7 Å². The lowest BCUT2D eigenvalue weighted by molar-refractivity contribution is 0.318. The number of hydrogen-bond donors (Lipinski definition) is 2. The van der Waals surface area contributed by atoms with Crippen LogP contribution in [0.25, 0.3) is 0 Å². The molecule has 98 valence electrons. The van der Waals surface area contributed by atoms with Crippen LogP contribution in [0.15, 0.2) is 52.1 Å². The molecule has 0 unspecified atom stereocenters. The van der Waals surface area contributed by atoms with Crippen molar-refractivity contribution in [2.45, 2.75) is 0 Å². The van der Waals surface area contributed by atoms with Crippen molar-refractivity contribution in [3.8, 4) is 11.5 Å². The zero-order chi connectivity index (χ0) is 13.8. The van der Waals surface area contributed by atoms with E-state index >= 15 is 0 Å². The van der Waals surface area contributed by atoms with Gasteiger partial charge in [0.15, 0.2) is 5.84 Å². The van der Waals surface area contributed by atoms with Crippen LogP contribution in [0.4, 0.5) is 0 Å². The first-order valence-corrected chi connectivity index (χ1v) is 6.48. The lowest BCUT2D eigenvalue weighted by atomic mass is 10.2. The van der Waals surface area contributed by atoms with E-state index in [-0.39, 0.29) is 5.84 Å². The van der Waals surface area contributed by atoms with Gasteiger partial charge in [-0.3, -0.25) is 0 Å². The fraction of sp³-hybridized carbons (Fsp3) is 0. The zero-order valence-corrected chi connectivity index (χ0v) is 12.0. The van der Waals surface area contributed by atoms with Crippen LogP contribution in [0, 0.1) is 0 Å². The lowest BCUT2D eigenvalue weighted by Gasteiger charge is -2.11. The number of nitrogens with two attached hydrogens (primary N) is 1. The molecule has 2 aromatic rings. The largest absolute Gasteiger partial charge is 0.457 e. The van der Waals surface area contributed by atoms with Gasteiger partial charge in [0.2, 0.25) is 0 Å². The summed E-state index contributed by atoms with van der Waals surface area (Å²) in [5.41, 5.74) is 6.13. The summed E-state index contributed by atoms with van der Waals surface area (Å²) < 4.78 is 6.38. The second-order valence-corrected chi connectivity index (χ2v) is 4.94. The Morgan fingerprint density at radius 1 is 1.21 bits per heavy atom. The number of oxime groups is 1. The van der Waals surface area contributed by atoms with E-state index in [0.29, 0.717) is 26.6 Å². The average Bonchev–Trinajstić information content (AvgIpc) is 2.41. The summed E-state index contributed by atoms with van der Waals surface area (Å²) in [7, 11) is 0. The third kappa shape index (κ3) is 3.19. The molecule has 0 atom stereocenters. The van der Waals surface area contributed by atoms with Crippen molar-refractivity contribution in [1.82, 2.24) is 0 Å². The number of ether oxygens (including phenoxy) is 1. The van der Waals surface area contributed by atoms with Gasteiger partial charge in [0, 0.05) is 9.50 Å². The van der Waals surface area contributed by atoms with Crippen LogP contribution in [0.2, 0.25) is 5.02 Å². The molecule has 0 aliphatic rings. The summed E-state index contributed by atoms with van der Waals surface area (Å²) in [4.78, 5) is 0. The molecule has 6 heteroatoms. The highest BCUT2D eigenvalue weighted by Gasteiger charge is 2.13. The summed E-state index contributed by atoms with van der Waals surface area (Å²) in [6, 6.07) is 12.2. The van der Waals surface area contributed by atoms with Gasteiger partial charge in [-0.2, -0.15) is 0 Å². The normalized spacial score (nSPS) is 11.4. The lowest BCUT2D eigenvalue weighted by Crippen LogP contribution is -2.15. The Hall–Kier alpha value is -1.72. The molecule has 19 heavy (non-hydrogen) atoms. The van der Waals surface area contributed by atoms with Gasteiger partial charge in [-0.05, 0) is 52.3 Å². The van der Waals surface area contributed by atoms with Crippen LogP contribution in [0.3, 0.4) is 0 Å². The van der Waals surface area contributed by atoms with Crippen LogP contribution < -0.4 is 10.5 Å². The molecule has 0 saturated carbocycles. The molecule has 2 aromatic carbocycles. The molecule has 0 spiro atoms. The minimum atomic E-state index is -0.0311. The van der Waals surface area contributed by atoms with E-state index in [4.69, 9.17) is 27.3 Å². The second kappa shape index (κ2) is 5.95. The van der Waals surface area contributed by atoms with Gasteiger partial charge in [-0.1, -0.05) is 22.8 Å². The van der Waals surface area contributed by atoms with Gasteiger partial charge >= 0.3 is 0 Å². The van der Waals surface area contributed by atoms with Crippen molar-refractivity contribution in [1.29, 1.82) is 0 Å². The summed E-state index contributed by atoms with van der Waals surface area (Å²) in [6.07, 6.45) is 0. The standard InChI is InChI=1S/C13H10BrClN2O2/c14-10-2-1-3-11(12(10)13(16)17-18)19-9-6-4-8(15)5-7-9/h1-7,18H,(H2,16,17). The average molecular weight is 342 g/mol. The van der Waals surface area contributed by atoms with Crippen molar-refractivity contribution >= 4 is 33.4 Å². The van der Waals surface area contributed by atoms with E-state index in [2.05, 4.69) is 21.1 Å². The molecule has 0 amide bonds. The summed E-state index contributed by atoms with van der Waals surface area (Å²) >= 11 is 9.15. The molecule has 0 saturated heterocycles. The minimum absolute atomic E-state index is 0.0311.